The van der Waals surface area contributed by atoms with Crippen molar-refractivity contribution in [1.82, 2.24) is 39.5 Å². The van der Waals surface area contributed by atoms with E-state index in [1.165, 1.54) is 6.07 Å². The number of rotatable bonds is 6. The zero-order valence-corrected chi connectivity index (χ0v) is 37.0. The van der Waals surface area contributed by atoms with Gasteiger partial charge in [0, 0.05) is 88.9 Å². The van der Waals surface area contributed by atoms with Gasteiger partial charge < -0.3 is 23.8 Å². The number of pyridine rings is 2. The van der Waals surface area contributed by atoms with Crippen molar-refractivity contribution in [2.24, 2.45) is 18.9 Å². The van der Waals surface area contributed by atoms with E-state index in [1.54, 1.807) is 30.1 Å². The fraction of sp³-hybridized carbons (Fsp3) is 0.511. The number of carbonyl (C=O) groups is 3. The molecule has 336 valence electrons. The van der Waals surface area contributed by atoms with Gasteiger partial charge in [0.25, 0.3) is 5.91 Å². The number of imide groups is 1. The third-order valence-corrected chi connectivity index (χ3v) is 14.1. The molecule has 1 unspecified atom stereocenters. The minimum atomic E-state index is -0.764. The average molecular weight is 874 g/mol. The number of piperidine rings is 2. The summed E-state index contributed by atoms with van der Waals surface area (Å²) < 4.78 is 31.8. The summed E-state index contributed by atoms with van der Waals surface area (Å²) in [6.07, 6.45) is 7.14. The molecule has 1 aromatic carbocycles. The maximum atomic E-state index is 15.5. The van der Waals surface area contributed by atoms with Gasteiger partial charge in [-0.15, -0.1) is 0 Å². The number of aromatic nitrogens is 6. The van der Waals surface area contributed by atoms with E-state index in [2.05, 4.69) is 58.2 Å². The fourth-order valence-corrected chi connectivity index (χ4v) is 10.9. The summed E-state index contributed by atoms with van der Waals surface area (Å²) in [7, 11) is 3.63. The number of imidazole rings is 1. The molecule has 0 radical (unpaired) electrons. The first-order valence-electron chi connectivity index (χ1n) is 22.7. The number of piperazine rings is 1. The summed E-state index contributed by atoms with van der Waals surface area (Å²) in [5, 5.41) is 9.98. The lowest BCUT2D eigenvalue weighted by atomic mass is 9.93. The van der Waals surface area contributed by atoms with E-state index in [4.69, 9.17) is 19.4 Å². The molecular formula is C47H56FN11O5. The number of aryl methyl sites for hydroxylation is 3. The van der Waals surface area contributed by atoms with Crippen LogP contribution in [0.5, 0.6) is 5.88 Å². The third-order valence-electron chi connectivity index (χ3n) is 14.1. The number of nitrogens with one attached hydrogen (secondary N) is 2. The molecule has 2 N–H and O–H groups in total. The van der Waals surface area contributed by atoms with Crippen LogP contribution in [0.4, 0.5) is 21.7 Å². The van der Waals surface area contributed by atoms with E-state index in [9.17, 15) is 14.4 Å². The van der Waals surface area contributed by atoms with E-state index < -0.39 is 17.6 Å². The molecule has 3 amide bonds. The number of anilines is 3. The van der Waals surface area contributed by atoms with Crippen molar-refractivity contribution in [3.63, 3.8) is 0 Å². The predicted molar refractivity (Wildman–Crippen MR) is 239 cm³/mol. The molecule has 5 aliphatic rings. The highest BCUT2D eigenvalue weighted by molar-refractivity contribution is 6.05. The lowest BCUT2D eigenvalue weighted by molar-refractivity contribution is -0.134. The standard InChI is InChI=1S/C47H56FN11O5/c1-27-17-31-19-39(50-27)36-22-49-55(3)46(36)64-25-30-6-5-29(18-30)23-59-41-20-33(7-9-38(41)52-47(59)54-44(31)61)57-15-16-58(34(24-57)26-63-4)32-11-13-56(14-12-32)40-21-37(48)43(51-28(40)2)35-8-10-42(60)53-45(35)62/h7,9,17,19-22,29-30,32,34-35H,5-6,8,10-16,18,23-26H2,1-4H3,(H,52,54,61)(H,53,60,62)/t29-,30+,34+,35?/m1/s1. The highest BCUT2D eigenvalue weighted by atomic mass is 19.1. The first-order valence-corrected chi connectivity index (χ1v) is 22.7. The molecule has 8 heterocycles. The first kappa shape index (κ1) is 42.0. The van der Waals surface area contributed by atoms with Gasteiger partial charge in [-0.1, -0.05) is 0 Å². The second kappa shape index (κ2) is 17.2. The average Bonchev–Trinajstić information content (AvgIpc) is 3.99. The molecule has 5 aromatic rings. The number of benzene rings is 1. The largest absolute Gasteiger partial charge is 0.477 e. The maximum Gasteiger partial charge on any atom is 0.258 e. The van der Waals surface area contributed by atoms with Crippen molar-refractivity contribution in [1.29, 1.82) is 0 Å². The van der Waals surface area contributed by atoms with Crippen molar-refractivity contribution < 1.29 is 28.2 Å². The SMILES string of the molecule is COC[C@@H]1CN(c2ccc3nc4n(c3c2)C[C@@H]2CC[C@H](COc3c(cnn3C)-c3cc(cc(C)n3)C(=O)N4)C2)CCN1C1CCN(c2cc(F)c(C3CCC(=O)NC3=O)nc2C)CC1. The molecule has 4 bridgehead atoms. The monoisotopic (exact) mass is 873 g/mol. The summed E-state index contributed by atoms with van der Waals surface area (Å²) in [5.41, 5.74) is 7.09. The van der Waals surface area contributed by atoms with Crippen molar-refractivity contribution >= 4 is 46.1 Å². The molecule has 4 aromatic heterocycles. The highest BCUT2D eigenvalue weighted by Gasteiger charge is 2.37. The van der Waals surface area contributed by atoms with E-state index in [0.717, 1.165) is 105 Å². The topological polar surface area (TPSA) is 165 Å². The molecule has 0 spiro atoms. The number of halogens is 1. The highest BCUT2D eigenvalue weighted by Crippen LogP contribution is 2.38. The number of methoxy groups -OCH3 is 1. The molecule has 4 fully saturated rings. The van der Waals surface area contributed by atoms with E-state index in [-0.39, 0.29) is 36.4 Å². The third kappa shape index (κ3) is 8.08. The molecule has 4 atom stereocenters. The minimum absolute atomic E-state index is 0.112. The number of fused-ring (bicyclic) bond motifs is 9. The van der Waals surface area contributed by atoms with Gasteiger partial charge in [-0.3, -0.25) is 39.9 Å². The Kier molecular flexibility index (Phi) is 11.3. The molecule has 3 saturated heterocycles. The van der Waals surface area contributed by atoms with Gasteiger partial charge in [-0.25, -0.2) is 14.1 Å². The Bertz CT molecular complexity index is 2620. The van der Waals surface area contributed by atoms with Gasteiger partial charge in [-0.05, 0) is 94.5 Å². The van der Waals surface area contributed by atoms with E-state index in [0.29, 0.717) is 59.9 Å². The Labute approximate surface area is 371 Å². The molecule has 10 rings (SSSR count). The number of nitrogens with zero attached hydrogens (tertiary/aromatic N) is 9. The normalized spacial score (nSPS) is 23.5. The van der Waals surface area contributed by atoms with Crippen LogP contribution < -0.4 is 25.2 Å². The second-order valence-corrected chi connectivity index (χ2v) is 18.4. The number of carbonyl (C=O) groups excluding carboxylic acids is 3. The van der Waals surface area contributed by atoms with E-state index in [1.807, 2.05) is 20.9 Å². The molecule has 17 heteroatoms. The quantitative estimate of drug-likeness (QED) is 0.210. The van der Waals surface area contributed by atoms with Gasteiger partial charge in [0.2, 0.25) is 23.6 Å². The maximum absolute atomic E-state index is 15.5. The Morgan fingerprint density at radius 1 is 0.891 bits per heavy atom. The number of hydrogen-bond acceptors (Lipinski definition) is 12. The first-order chi connectivity index (χ1) is 31.0. The van der Waals surface area contributed by atoms with Crippen LogP contribution in [0.15, 0.2) is 42.6 Å². The van der Waals surface area contributed by atoms with Crippen LogP contribution in [0, 0.1) is 31.5 Å². The van der Waals surface area contributed by atoms with E-state index >= 15 is 4.39 Å². The summed E-state index contributed by atoms with van der Waals surface area (Å²) in [4.78, 5) is 59.8. The zero-order valence-electron chi connectivity index (χ0n) is 37.0. The van der Waals surface area contributed by atoms with Crippen LogP contribution in [0.3, 0.4) is 0 Å². The lowest BCUT2D eigenvalue weighted by Crippen LogP contribution is -2.60. The summed E-state index contributed by atoms with van der Waals surface area (Å²) in [6.45, 7) is 9.67. The molecule has 1 aliphatic carbocycles. The molecule has 4 aliphatic heterocycles. The summed E-state index contributed by atoms with van der Waals surface area (Å²) >= 11 is 0. The smallest absolute Gasteiger partial charge is 0.258 e. The Balaban J connectivity index is 0.860. The molecule has 64 heavy (non-hydrogen) atoms. The van der Waals surface area contributed by atoms with Gasteiger partial charge in [-0.2, -0.15) is 5.10 Å². The van der Waals surface area contributed by atoms with Crippen LogP contribution in [-0.4, -0.2) is 117 Å². The van der Waals surface area contributed by atoms with Crippen LogP contribution in [0.25, 0.3) is 22.3 Å². The van der Waals surface area contributed by atoms with Crippen molar-refractivity contribution in [2.75, 3.05) is 68.2 Å². The fourth-order valence-electron chi connectivity index (χ4n) is 10.9. The summed E-state index contributed by atoms with van der Waals surface area (Å²) in [6, 6.07) is 12.1. The lowest BCUT2D eigenvalue weighted by Gasteiger charge is -2.48. The van der Waals surface area contributed by atoms with Crippen LogP contribution in [0.1, 0.15) is 78.3 Å². The van der Waals surface area contributed by atoms with Gasteiger partial charge >= 0.3 is 0 Å². The zero-order chi connectivity index (χ0) is 44.2. The Morgan fingerprint density at radius 2 is 1.72 bits per heavy atom. The van der Waals surface area contributed by atoms with Crippen LogP contribution in [-0.2, 0) is 27.9 Å². The number of hydrogen-bond donors (Lipinski definition) is 2. The van der Waals surface area contributed by atoms with Crippen LogP contribution >= 0.6 is 0 Å². The van der Waals surface area contributed by atoms with Gasteiger partial charge in [0.15, 0.2) is 0 Å². The Hall–Kier alpha value is -5.94. The predicted octanol–water partition coefficient (Wildman–Crippen LogP) is 5.37. The van der Waals surface area contributed by atoms with Gasteiger partial charge in [0.05, 0.1) is 70.7 Å². The number of ether oxygens (including phenoxy) is 2. The number of amides is 3. The summed E-state index contributed by atoms with van der Waals surface area (Å²) in [5.74, 6) is -0.355. The van der Waals surface area contributed by atoms with Crippen molar-refractivity contribution in [2.45, 2.75) is 83.3 Å². The Morgan fingerprint density at radius 3 is 2.53 bits per heavy atom. The van der Waals surface area contributed by atoms with Crippen molar-refractivity contribution in [3.8, 4) is 17.1 Å². The van der Waals surface area contributed by atoms with Gasteiger partial charge in [0.1, 0.15) is 5.82 Å². The second-order valence-electron chi connectivity index (χ2n) is 18.4. The molecule has 16 nitrogen and oxygen atoms in total. The minimum Gasteiger partial charge on any atom is -0.477 e. The molecule has 1 saturated carbocycles. The van der Waals surface area contributed by atoms with Crippen LogP contribution in [0.2, 0.25) is 0 Å². The van der Waals surface area contributed by atoms with Crippen molar-refractivity contribution in [3.05, 3.63) is 71.1 Å². The molecular weight excluding hydrogens is 818 g/mol.